The summed E-state index contributed by atoms with van der Waals surface area (Å²) in [6, 6.07) is 9.47. The minimum absolute atomic E-state index is 0.0699. The molecule has 0 saturated heterocycles. The van der Waals surface area contributed by atoms with E-state index in [0.29, 0.717) is 18.8 Å². The standard InChI is InChI=1S/C23H42O6Si3/c1-9-20(19-27-23(25)22(24)21-14-11-10-12-15-21)18-26-16-13-17-31(5,6)29-32(7,8)28-30(2,3)4/h10-12,14-15,20H,9,13,16-19H2,1-8H3. The van der Waals surface area contributed by atoms with Crippen LogP contribution >= 0.6 is 0 Å². The number of Topliss-reactive ketones (excluding diaryl/α,β-unsaturated/α-hetero) is 1. The molecule has 1 aromatic carbocycles. The molecule has 1 unspecified atom stereocenters. The predicted molar refractivity (Wildman–Crippen MR) is 136 cm³/mol. The van der Waals surface area contributed by atoms with E-state index in [1.165, 1.54) is 0 Å². The van der Waals surface area contributed by atoms with Gasteiger partial charge in [0.05, 0.1) is 13.2 Å². The number of ether oxygens (including phenoxy) is 2. The van der Waals surface area contributed by atoms with Crippen LogP contribution in [-0.2, 0) is 22.5 Å². The second kappa shape index (κ2) is 13.0. The lowest BCUT2D eigenvalue weighted by molar-refractivity contribution is -0.140. The first-order valence-corrected chi connectivity index (χ1v) is 20.8. The van der Waals surface area contributed by atoms with E-state index >= 15 is 0 Å². The van der Waals surface area contributed by atoms with Crippen LogP contribution in [0.25, 0.3) is 0 Å². The Kier molecular flexibility index (Phi) is 11.7. The Morgan fingerprint density at radius 1 is 0.906 bits per heavy atom. The summed E-state index contributed by atoms with van der Waals surface area (Å²) in [6.07, 6.45) is 1.74. The SMILES string of the molecule is CCC(COCCC[Si](C)(C)O[Si](C)(C)O[Si](C)(C)C)COC(=O)C(=O)c1ccccc1. The lowest BCUT2D eigenvalue weighted by Gasteiger charge is -2.37. The van der Waals surface area contributed by atoms with E-state index in [0.717, 1.165) is 18.9 Å². The summed E-state index contributed by atoms with van der Waals surface area (Å²) in [6.45, 7) is 18.7. The van der Waals surface area contributed by atoms with E-state index in [1.807, 2.05) is 6.92 Å². The third-order valence-corrected chi connectivity index (χ3v) is 14.9. The van der Waals surface area contributed by atoms with Crippen LogP contribution < -0.4 is 0 Å². The van der Waals surface area contributed by atoms with E-state index in [4.69, 9.17) is 17.7 Å². The minimum Gasteiger partial charge on any atom is -0.459 e. The summed E-state index contributed by atoms with van der Waals surface area (Å²) in [5, 5.41) is 0. The summed E-state index contributed by atoms with van der Waals surface area (Å²) in [4.78, 5) is 24.1. The largest absolute Gasteiger partial charge is 0.459 e. The second-order valence-corrected chi connectivity index (χ2v) is 22.9. The van der Waals surface area contributed by atoms with E-state index in [9.17, 15) is 9.59 Å². The molecule has 0 spiro atoms. The van der Waals surface area contributed by atoms with Crippen LogP contribution in [0.3, 0.4) is 0 Å². The zero-order chi connectivity index (χ0) is 24.4. The van der Waals surface area contributed by atoms with E-state index in [2.05, 4.69) is 45.8 Å². The molecule has 0 aliphatic rings. The van der Waals surface area contributed by atoms with Gasteiger partial charge in [0, 0.05) is 18.1 Å². The Bertz CT molecular complexity index is 716. The summed E-state index contributed by atoms with van der Waals surface area (Å²) in [7, 11) is -5.56. The fourth-order valence-corrected chi connectivity index (χ4v) is 16.7. The number of hydrogen-bond acceptors (Lipinski definition) is 6. The average Bonchev–Trinajstić information content (AvgIpc) is 2.67. The molecular formula is C23H42O6Si3. The molecule has 6 nitrogen and oxygen atoms in total. The number of carbonyl (C=O) groups is 2. The maximum atomic E-state index is 12.1. The smallest absolute Gasteiger partial charge is 0.379 e. The average molecular weight is 499 g/mol. The van der Waals surface area contributed by atoms with Gasteiger partial charge in [0.25, 0.3) is 5.78 Å². The van der Waals surface area contributed by atoms with Gasteiger partial charge in [-0.15, -0.1) is 0 Å². The Hall–Kier alpha value is -1.11. The van der Waals surface area contributed by atoms with Gasteiger partial charge in [0.1, 0.15) is 0 Å². The van der Waals surface area contributed by atoms with Crippen molar-refractivity contribution in [3.8, 4) is 0 Å². The highest BCUT2D eigenvalue weighted by atomic mass is 28.5. The van der Waals surface area contributed by atoms with Crippen molar-refractivity contribution in [1.29, 1.82) is 0 Å². The molecule has 1 aromatic rings. The second-order valence-electron chi connectivity index (χ2n) is 10.2. The molecule has 0 aliphatic carbocycles. The Morgan fingerprint density at radius 3 is 2.09 bits per heavy atom. The molecule has 9 heteroatoms. The molecule has 1 atom stereocenters. The van der Waals surface area contributed by atoms with Crippen LogP contribution in [0, 0.1) is 5.92 Å². The summed E-state index contributed by atoms with van der Waals surface area (Å²) in [5.41, 5.74) is 0.345. The zero-order valence-corrected chi connectivity index (χ0v) is 24.2. The first-order valence-electron chi connectivity index (χ1n) is 11.5. The first kappa shape index (κ1) is 28.9. The molecule has 0 amide bonds. The number of ketones is 1. The molecule has 0 N–H and O–H groups in total. The topological polar surface area (TPSA) is 71.1 Å². The van der Waals surface area contributed by atoms with Crippen LogP contribution in [0.5, 0.6) is 0 Å². The summed E-state index contributed by atoms with van der Waals surface area (Å²) >= 11 is 0. The highest BCUT2D eigenvalue weighted by Gasteiger charge is 2.37. The van der Waals surface area contributed by atoms with Crippen LogP contribution in [0.1, 0.15) is 30.1 Å². The number of benzene rings is 1. The molecule has 0 radical (unpaired) electrons. The van der Waals surface area contributed by atoms with Gasteiger partial charge in [-0.2, -0.15) is 0 Å². The molecule has 0 aromatic heterocycles. The zero-order valence-electron chi connectivity index (χ0n) is 21.2. The van der Waals surface area contributed by atoms with Gasteiger partial charge >= 0.3 is 14.5 Å². The van der Waals surface area contributed by atoms with Crippen molar-refractivity contribution in [2.45, 2.75) is 71.6 Å². The Morgan fingerprint density at radius 2 is 1.53 bits per heavy atom. The highest BCUT2D eigenvalue weighted by molar-refractivity contribution is 6.87. The molecule has 0 heterocycles. The fourth-order valence-electron chi connectivity index (χ4n) is 3.57. The van der Waals surface area contributed by atoms with Crippen LogP contribution in [0.2, 0.25) is 51.9 Å². The van der Waals surface area contributed by atoms with Crippen LogP contribution in [-0.4, -0.2) is 56.8 Å². The fraction of sp³-hybridized carbons (Fsp3) is 0.652. The molecule has 0 bridgehead atoms. The van der Waals surface area contributed by atoms with Gasteiger partial charge in [0.2, 0.25) is 0 Å². The summed E-state index contributed by atoms with van der Waals surface area (Å²) < 4.78 is 23.9. The molecule has 182 valence electrons. The van der Waals surface area contributed by atoms with Gasteiger partial charge in [0.15, 0.2) is 16.6 Å². The molecule has 1 rings (SSSR count). The minimum atomic E-state index is -2.12. The normalized spacial score (nSPS) is 13.6. The monoisotopic (exact) mass is 498 g/mol. The van der Waals surface area contributed by atoms with Gasteiger partial charge in [-0.3, -0.25) is 4.79 Å². The lowest BCUT2D eigenvalue weighted by atomic mass is 10.1. The van der Waals surface area contributed by atoms with Crippen molar-refractivity contribution in [2.75, 3.05) is 19.8 Å². The quantitative estimate of drug-likeness (QED) is 0.103. The number of hydrogen-bond donors (Lipinski definition) is 0. The Balaban J connectivity index is 2.33. The highest BCUT2D eigenvalue weighted by Crippen LogP contribution is 2.23. The molecule has 0 fully saturated rings. The molecule has 0 saturated carbocycles. The Labute approximate surface area is 197 Å². The molecular weight excluding hydrogens is 457 g/mol. The van der Waals surface area contributed by atoms with Crippen molar-refractivity contribution in [3.05, 3.63) is 35.9 Å². The van der Waals surface area contributed by atoms with Gasteiger partial charge in [-0.1, -0.05) is 37.3 Å². The van der Waals surface area contributed by atoms with Crippen molar-refractivity contribution in [2.24, 2.45) is 5.92 Å². The van der Waals surface area contributed by atoms with Crippen molar-refractivity contribution < 1.29 is 27.3 Å². The van der Waals surface area contributed by atoms with Crippen LogP contribution in [0.15, 0.2) is 30.3 Å². The summed E-state index contributed by atoms with van der Waals surface area (Å²) in [5.74, 6) is -1.36. The lowest BCUT2D eigenvalue weighted by Crippen LogP contribution is -2.51. The predicted octanol–water partition coefficient (Wildman–Crippen LogP) is 5.62. The van der Waals surface area contributed by atoms with E-state index < -0.39 is 36.9 Å². The number of esters is 1. The van der Waals surface area contributed by atoms with E-state index in [1.54, 1.807) is 30.3 Å². The third-order valence-electron chi connectivity index (χ3n) is 4.74. The maximum absolute atomic E-state index is 12.1. The number of carbonyl (C=O) groups excluding carboxylic acids is 2. The van der Waals surface area contributed by atoms with Crippen LogP contribution in [0.4, 0.5) is 0 Å². The van der Waals surface area contributed by atoms with Gasteiger partial charge in [-0.25, -0.2) is 4.79 Å². The van der Waals surface area contributed by atoms with Crippen molar-refractivity contribution in [1.82, 2.24) is 0 Å². The van der Waals surface area contributed by atoms with E-state index in [-0.39, 0.29) is 12.5 Å². The molecule has 32 heavy (non-hydrogen) atoms. The third kappa shape index (κ3) is 12.2. The van der Waals surface area contributed by atoms with Gasteiger partial charge < -0.3 is 17.7 Å². The molecule has 0 aliphatic heterocycles. The maximum Gasteiger partial charge on any atom is 0.379 e. The number of rotatable bonds is 15. The first-order chi connectivity index (χ1) is 14.7. The van der Waals surface area contributed by atoms with Crippen molar-refractivity contribution >= 4 is 36.9 Å². The van der Waals surface area contributed by atoms with Gasteiger partial charge in [-0.05, 0) is 64.7 Å². The van der Waals surface area contributed by atoms with Crippen molar-refractivity contribution in [3.63, 3.8) is 0 Å².